The van der Waals surface area contributed by atoms with Crippen molar-refractivity contribution in [3.8, 4) is 11.5 Å². The molecule has 0 aromatic heterocycles. The van der Waals surface area contributed by atoms with E-state index in [1.54, 1.807) is 26.0 Å². The van der Waals surface area contributed by atoms with Crippen molar-refractivity contribution in [3.63, 3.8) is 0 Å². The molecule has 0 saturated heterocycles. The zero-order chi connectivity index (χ0) is 13.2. The van der Waals surface area contributed by atoms with Crippen molar-refractivity contribution in [1.29, 1.82) is 0 Å². The van der Waals surface area contributed by atoms with E-state index in [0.29, 0.717) is 0 Å². The highest BCUT2D eigenvalue weighted by Gasteiger charge is 2.14. The van der Waals surface area contributed by atoms with E-state index in [4.69, 9.17) is 9.47 Å². The molecule has 3 rings (SSSR count). The fourth-order valence-corrected chi connectivity index (χ4v) is 3.15. The Balaban J connectivity index is 2.14. The molecule has 1 heterocycles. The minimum Gasteiger partial charge on any atom is -0.493 e. The van der Waals surface area contributed by atoms with E-state index < -0.39 is 0 Å². The van der Waals surface area contributed by atoms with Crippen LogP contribution in [0.5, 0.6) is 11.5 Å². The minimum atomic E-state index is 0.762. The Morgan fingerprint density at radius 1 is 0.789 bits per heavy atom. The third-order valence-electron chi connectivity index (χ3n) is 3.10. The molecule has 0 amide bonds. The monoisotopic (exact) mass is 270 g/mol. The van der Waals surface area contributed by atoms with Gasteiger partial charge in [0.05, 0.1) is 14.2 Å². The Morgan fingerprint density at radius 3 is 2.26 bits per heavy atom. The molecule has 1 aliphatic heterocycles. The molecule has 0 fully saturated rings. The Morgan fingerprint density at radius 2 is 1.47 bits per heavy atom. The highest BCUT2D eigenvalue weighted by molar-refractivity contribution is 7.99. The van der Waals surface area contributed by atoms with Crippen LogP contribution in [-0.4, -0.2) is 14.2 Å². The summed E-state index contributed by atoms with van der Waals surface area (Å²) >= 11 is 1.75. The summed E-state index contributed by atoms with van der Waals surface area (Å²) in [5.41, 5.74) is 2.39. The quantitative estimate of drug-likeness (QED) is 0.690. The van der Waals surface area contributed by atoms with Crippen molar-refractivity contribution in [1.82, 2.24) is 0 Å². The molecule has 0 N–H and O–H groups in total. The van der Waals surface area contributed by atoms with Crippen molar-refractivity contribution in [3.05, 3.63) is 47.5 Å². The lowest BCUT2D eigenvalue weighted by atomic mass is 10.1. The highest BCUT2D eigenvalue weighted by Crippen LogP contribution is 2.42. The summed E-state index contributed by atoms with van der Waals surface area (Å²) in [6, 6.07) is 12.4. The van der Waals surface area contributed by atoms with Crippen molar-refractivity contribution in [2.75, 3.05) is 14.2 Å². The van der Waals surface area contributed by atoms with Crippen LogP contribution in [0.1, 0.15) is 11.1 Å². The topological polar surface area (TPSA) is 18.5 Å². The van der Waals surface area contributed by atoms with E-state index in [-0.39, 0.29) is 0 Å². The van der Waals surface area contributed by atoms with E-state index >= 15 is 0 Å². The van der Waals surface area contributed by atoms with Crippen molar-refractivity contribution < 1.29 is 9.47 Å². The normalized spacial score (nSPS) is 12.3. The molecule has 1 aliphatic rings. The number of hydrogen-bond acceptors (Lipinski definition) is 3. The van der Waals surface area contributed by atoms with E-state index in [0.717, 1.165) is 17.1 Å². The van der Waals surface area contributed by atoms with Gasteiger partial charge in [-0.3, -0.25) is 0 Å². The van der Waals surface area contributed by atoms with Crippen LogP contribution in [0.3, 0.4) is 0 Å². The maximum Gasteiger partial charge on any atom is 0.161 e. The first-order valence-corrected chi connectivity index (χ1v) is 6.84. The van der Waals surface area contributed by atoms with Gasteiger partial charge < -0.3 is 9.47 Å². The first kappa shape index (κ1) is 12.2. The van der Waals surface area contributed by atoms with Gasteiger partial charge in [0.15, 0.2) is 11.5 Å². The largest absolute Gasteiger partial charge is 0.493 e. The maximum atomic E-state index is 5.37. The van der Waals surface area contributed by atoms with Gasteiger partial charge in [-0.1, -0.05) is 42.1 Å². The van der Waals surface area contributed by atoms with Crippen LogP contribution in [0.4, 0.5) is 0 Å². The minimum absolute atomic E-state index is 0.762. The average Bonchev–Trinajstić information content (AvgIpc) is 2.64. The van der Waals surface area contributed by atoms with Gasteiger partial charge in [0.25, 0.3) is 0 Å². The van der Waals surface area contributed by atoms with Crippen molar-refractivity contribution in [2.24, 2.45) is 0 Å². The summed E-state index contributed by atoms with van der Waals surface area (Å²) in [4.78, 5) is 2.43. The van der Waals surface area contributed by atoms with E-state index in [1.165, 1.54) is 15.4 Å². The third kappa shape index (κ3) is 2.22. The molecule has 0 atom stereocenters. The summed E-state index contributed by atoms with van der Waals surface area (Å²) < 4.78 is 10.7. The molecule has 0 unspecified atom stereocenters. The smallest absolute Gasteiger partial charge is 0.161 e. The molecule has 3 heteroatoms. The molecule has 0 saturated carbocycles. The molecule has 2 aromatic rings. The van der Waals surface area contributed by atoms with E-state index in [9.17, 15) is 0 Å². The van der Waals surface area contributed by atoms with E-state index in [2.05, 4.69) is 36.4 Å². The number of benzene rings is 2. The standard InChI is InChI=1S/C16H14O2S/c1-17-13-9-12-8-7-11-5-3-4-6-15(11)19-16(12)10-14(13)18-2/h3-10H,1-2H3. The zero-order valence-electron chi connectivity index (χ0n) is 10.8. The molecule has 0 radical (unpaired) electrons. The lowest BCUT2D eigenvalue weighted by Crippen LogP contribution is -1.92. The number of ether oxygens (including phenoxy) is 2. The summed E-state index contributed by atoms with van der Waals surface area (Å²) in [5, 5.41) is 0. The lowest BCUT2D eigenvalue weighted by molar-refractivity contribution is 0.354. The fourth-order valence-electron chi connectivity index (χ4n) is 2.10. The molecule has 2 nitrogen and oxygen atoms in total. The second kappa shape index (κ2) is 5.02. The van der Waals surface area contributed by atoms with Crippen molar-refractivity contribution >= 4 is 23.9 Å². The zero-order valence-corrected chi connectivity index (χ0v) is 11.7. The predicted molar refractivity (Wildman–Crippen MR) is 79.0 cm³/mol. The summed E-state index contributed by atoms with van der Waals surface area (Å²) in [6.07, 6.45) is 4.26. The molecule has 0 bridgehead atoms. The van der Waals surface area contributed by atoms with Crippen LogP contribution in [0.25, 0.3) is 12.2 Å². The van der Waals surface area contributed by atoms with Crippen LogP contribution < -0.4 is 9.47 Å². The summed E-state index contributed by atoms with van der Waals surface area (Å²) in [7, 11) is 3.32. The molecule has 96 valence electrons. The fraction of sp³-hybridized carbons (Fsp3) is 0.125. The Bertz CT molecular complexity index is 647. The van der Waals surface area contributed by atoms with Gasteiger partial charge in [0.1, 0.15) is 0 Å². The first-order chi connectivity index (χ1) is 9.31. The molecular formula is C16H14O2S. The van der Waals surface area contributed by atoms with Gasteiger partial charge in [-0.05, 0) is 29.3 Å². The van der Waals surface area contributed by atoms with Crippen LogP contribution in [0, 0.1) is 0 Å². The number of fused-ring (bicyclic) bond motifs is 2. The predicted octanol–water partition coefficient (Wildman–Crippen LogP) is 4.34. The number of rotatable bonds is 2. The molecular weight excluding hydrogens is 256 g/mol. The number of methoxy groups -OCH3 is 2. The van der Waals surface area contributed by atoms with Gasteiger partial charge in [-0.15, -0.1) is 0 Å². The average molecular weight is 270 g/mol. The lowest BCUT2D eigenvalue weighted by Gasteiger charge is -2.12. The molecule has 0 spiro atoms. The highest BCUT2D eigenvalue weighted by atomic mass is 32.2. The molecule has 2 aromatic carbocycles. The van der Waals surface area contributed by atoms with Crippen LogP contribution in [-0.2, 0) is 0 Å². The van der Waals surface area contributed by atoms with Gasteiger partial charge >= 0.3 is 0 Å². The maximum absolute atomic E-state index is 5.37. The Kier molecular flexibility index (Phi) is 3.22. The van der Waals surface area contributed by atoms with Gasteiger partial charge in [0, 0.05) is 9.79 Å². The summed E-state index contributed by atoms with van der Waals surface area (Å²) in [5.74, 6) is 1.53. The third-order valence-corrected chi connectivity index (χ3v) is 4.26. The molecule has 19 heavy (non-hydrogen) atoms. The van der Waals surface area contributed by atoms with Gasteiger partial charge in [0.2, 0.25) is 0 Å². The van der Waals surface area contributed by atoms with E-state index in [1.807, 2.05) is 12.1 Å². The van der Waals surface area contributed by atoms with Gasteiger partial charge in [-0.2, -0.15) is 0 Å². The second-order valence-corrected chi connectivity index (χ2v) is 5.30. The molecule has 0 aliphatic carbocycles. The number of hydrogen-bond donors (Lipinski definition) is 0. The van der Waals surface area contributed by atoms with Crippen LogP contribution in [0.2, 0.25) is 0 Å². The Hall–Kier alpha value is -1.87. The first-order valence-electron chi connectivity index (χ1n) is 6.03. The van der Waals surface area contributed by atoms with Crippen LogP contribution >= 0.6 is 11.8 Å². The van der Waals surface area contributed by atoms with Crippen molar-refractivity contribution in [2.45, 2.75) is 9.79 Å². The second-order valence-electron chi connectivity index (χ2n) is 4.22. The summed E-state index contributed by atoms with van der Waals surface area (Å²) in [6.45, 7) is 0. The Labute approximate surface area is 117 Å². The van der Waals surface area contributed by atoms with Gasteiger partial charge in [-0.25, -0.2) is 0 Å². The van der Waals surface area contributed by atoms with Crippen LogP contribution in [0.15, 0.2) is 46.2 Å². The SMILES string of the molecule is COc1cc2c(cc1OC)Sc1ccccc1C=C2.